The van der Waals surface area contributed by atoms with Gasteiger partial charge in [-0.05, 0) is 44.2 Å². The molecule has 0 bridgehead atoms. The first kappa shape index (κ1) is 14.4. The molecule has 2 aromatic rings. The summed E-state index contributed by atoms with van der Waals surface area (Å²) >= 11 is 0. The summed E-state index contributed by atoms with van der Waals surface area (Å²) in [6.45, 7) is 3.65. The Balaban J connectivity index is 2.06. The normalized spacial score (nSPS) is 17.3. The van der Waals surface area contributed by atoms with Crippen molar-refractivity contribution in [3.8, 4) is 0 Å². The van der Waals surface area contributed by atoms with Gasteiger partial charge < -0.3 is 4.90 Å². The second-order valence-electron chi connectivity index (χ2n) is 5.50. The molecular formula is C17H15FN2O2. The minimum atomic E-state index is -0.481. The topological polar surface area (TPSA) is 50.3 Å². The number of nitrogens with zero attached hydrogens (tertiary/aromatic N) is 2. The summed E-state index contributed by atoms with van der Waals surface area (Å²) in [5.41, 5.74) is 1.98. The van der Waals surface area contributed by atoms with Crippen molar-refractivity contribution in [1.29, 1.82) is 0 Å². The van der Waals surface area contributed by atoms with Gasteiger partial charge in [-0.1, -0.05) is 0 Å². The molecule has 1 aliphatic heterocycles. The van der Waals surface area contributed by atoms with Crippen LogP contribution in [0.25, 0.3) is 0 Å². The molecule has 2 heterocycles. The van der Waals surface area contributed by atoms with Crippen molar-refractivity contribution in [2.24, 2.45) is 0 Å². The number of carbonyl (C=O) groups is 2. The fourth-order valence-electron chi connectivity index (χ4n) is 2.69. The maximum atomic E-state index is 13.4. The number of fused-ring (bicyclic) bond motifs is 1. The van der Waals surface area contributed by atoms with Crippen LogP contribution in [0.15, 0.2) is 36.5 Å². The third-order valence-corrected chi connectivity index (χ3v) is 3.82. The van der Waals surface area contributed by atoms with Crippen LogP contribution in [0.4, 0.5) is 10.1 Å². The van der Waals surface area contributed by atoms with Crippen LogP contribution in [0.3, 0.4) is 0 Å². The van der Waals surface area contributed by atoms with Gasteiger partial charge in [0, 0.05) is 29.9 Å². The van der Waals surface area contributed by atoms with Crippen LogP contribution in [0.2, 0.25) is 0 Å². The molecule has 3 rings (SSSR count). The van der Waals surface area contributed by atoms with Crippen LogP contribution in [0, 0.1) is 12.7 Å². The van der Waals surface area contributed by atoms with Crippen LogP contribution in [-0.4, -0.2) is 22.7 Å². The molecule has 1 aromatic heterocycles. The number of carbonyl (C=O) groups excluding carboxylic acids is 2. The van der Waals surface area contributed by atoms with E-state index in [1.165, 1.54) is 24.4 Å². The van der Waals surface area contributed by atoms with Gasteiger partial charge in [-0.15, -0.1) is 0 Å². The molecule has 0 saturated heterocycles. The Morgan fingerprint density at radius 2 is 2.09 bits per heavy atom. The van der Waals surface area contributed by atoms with Gasteiger partial charge in [-0.3, -0.25) is 14.6 Å². The SMILES string of the molecule is Cc1ccc(C(=O)N2c3ccc(F)cc3C(=O)CC2C)cn1. The number of rotatable bonds is 1. The molecule has 1 unspecified atom stereocenters. The zero-order valence-corrected chi connectivity index (χ0v) is 12.3. The largest absolute Gasteiger partial charge is 0.304 e. The lowest BCUT2D eigenvalue weighted by Gasteiger charge is -2.34. The summed E-state index contributed by atoms with van der Waals surface area (Å²) in [5.74, 6) is -0.862. The maximum absolute atomic E-state index is 13.4. The first-order valence-corrected chi connectivity index (χ1v) is 7.06. The maximum Gasteiger partial charge on any atom is 0.260 e. The predicted octanol–water partition coefficient (Wildman–Crippen LogP) is 3.15. The van der Waals surface area contributed by atoms with Crippen LogP contribution in [0.1, 0.15) is 39.8 Å². The predicted molar refractivity (Wildman–Crippen MR) is 80.6 cm³/mol. The first-order valence-electron chi connectivity index (χ1n) is 7.06. The van der Waals surface area contributed by atoms with Crippen molar-refractivity contribution in [3.05, 3.63) is 59.2 Å². The van der Waals surface area contributed by atoms with Gasteiger partial charge in [0.25, 0.3) is 5.91 Å². The lowest BCUT2D eigenvalue weighted by molar-refractivity contribution is 0.0936. The minimum absolute atomic E-state index is 0.145. The fraction of sp³-hybridized carbons (Fsp3) is 0.235. The summed E-state index contributed by atoms with van der Waals surface area (Å²) in [6.07, 6.45) is 1.70. The average Bonchev–Trinajstić information content (AvgIpc) is 2.48. The highest BCUT2D eigenvalue weighted by Gasteiger charge is 2.33. The summed E-state index contributed by atoms with van der Waals surface area (Å²) < 4.78 is 13.4. The second kappa shape index (κ2) is 5.33. The van der Waals surface area contributed by atoms with E-state index in [1.807, 2.05) is 13.8 Å². The summed E-state index contributed by atoms with van der Waals surface area (Å²) in [5, 5.41) is 0. The Morgan fingerprint density at radius 3 is 2.77 bits per heavy atom. The average molecular weight is 298 g/mol. The zero-order valence-electron chi connectivity index (χ0n) is 12.3. The Bertz CT molecular complexity index is 756. The third kappa shape index (κ3) is 2.39. The van der Waals surface area contributed by atoms with E-state index >= 15 is 0 Å². The summed E-state index contributed by atoms with van der Waals surface area (Å²) in [4.78, 5) is 30.5. The van der Waals surface area contributed by atoms with Crippen LogP contribution in [0.5, 0.6) is 0 Å². The monoisotopic (exact) mass is 298 g/mol. The Kier molecular flexibility index (Phi) is 3.48. The highest BCUT2D eigenvalue weighted by Crippen LogP contribution is 2.32. The van der Waals surface area contributed by atoms with Crippen molar-refractivity contribution in [2.75, 3.05) is 4.90 Å². The van der Waals surface area contributed by atoms with Gasteiger partial charge in [0.15, 0.2) is 5.78 Å². The highest BCUT2D eigenvalue weighted by atomic mass is 19.1. The third-order valence-electron chi connectivity index (χ3n) is 3.82. The number of halogens is 1. The van der Waals surface area contributed by atoms with E-state index in [9.17, 15) is 14.0 Å². The molecule has 112 valence electrons. The van der Waals surface area contributed by atoms with Gasteiger partial charge in [-0.2, -0.15) is 0 Å². The van der Waals surface area contributed by atoms with Crippen LogP contribution < -0.4 is 4.90 Å². The van der Waals surface area contributed by atoms with Gasteiger partial charge in [0.1, 0.15) is 5.82 Å². The number of ketones is 1. The quantitative estimate of drug-likeness (QED) is 0.812. The van der Waals surface area contributed by atoms with Gasteiger partial charge in [0.05, 0.1) is 11.3 Å². The number of aryl methyl sites for hydroxylation is 1. The van der Waals surface area contributed by atoms with Crippen molar-refractivity contribution in [3.63, 3.8) is 0 Å². The Morgan fingerprint density at radius 1 is 1.32 bits per heavy atom. The Labute approximate surface area is 127 Å². The fourth-order valence-corrected chi connectivity index (χ4v) is 2.69. The molecule has 22 heavy (non-hydrogen) atoms. The van der Waals surface area contributed by atoms with Crippen molar-refractivity contribution in [2.45, 2.75) is 26.3 Å². The number of benzene rings is 1. The molecule has 1 atom stereocenters. The van der Waals surface area contributed by atoms with Gasteiger partial charge in [0.2, 0.25) is 0 Å². The van der Waals surface area contributed by atoms with E-state index < -0.39 is 5.82 Å². The molecule has 0 N–H and O–H groups in total. The van der Waals surface area contributed by atoms with E-state index in [1.54, 1.807) is 17.0 Å². The minimum Gasteiger partial charge on any atom is -0.304 e. The van der Waals surface area contributed by atoms with Crippen molar-refractivity contribution in [1.82, 2.24) is 4.98 Å². The molecule has 0 spiro atoms. The van der Waals surface area contributed by atoms with E-state index in [2.05, 4.69) is 4.98 Å². The molecule has 0 radical (unpaired) electrons. The van der Waals surface area contributed by atoms with Crippen LogP contribution >= 0.6 is 0 Å². The van der Waals surface area contributed by atoms with Crippen molar-refractivity contribution < 1.29 is 14.0 Å². The smallest absolute Gasteiger partial charge is 0.260 e. The molecule has 1 aromatic carbocycles. The number of anilines is 1. The number of pyridine rings is 1. The van der Waals surface area contributed by atoms with Crippen LogP contribution in [-0.2, 0) is 0 Å². The molecule has 4 nitrogen and oxygen atoms in total. The number of Topliss-reactive ketones (excluding diaryl/α,β-unsaturated/α-hetero) is 1. The van der Waals surface area contributed by atoms with Gasteiger partial charge >= 0.3 is 0 Å². The molecule has 0 saturated carbocycles. The Hall–Kier alpha value is -2.56. The molecule has 0 fully saturated rings. The van der Waals surface area contributed by atoms with E-state index in [0.717, 1.165) is 5.69 Å². The van der Waals surface area contributed by atoms with Gasteiger partial charge in [-0.25, -0.2) is 4.39 Å². The first-order chi connectivity index (χ1) is 10.5. The molecule has 5 heteroatoms. The number of hydrogen-bond acceptors (Lipinski definition) is 3. The standard InChI is InChI=1S/C17H15FN2O2/c1-10-3-4-12(9-19-10)17(22)20-11(2)7-16(21)14-8-13(18)5-6-15(14)20/h3-6,8-9,11H,7H2,1-2H3. The number of aromatic nitrogens is 1. The molecule has 1 aliphatic rings. The van der Waals surface area contributed by atoms with Crippen molar-refractivity contribution >= 4 is 17.4 Å². The highest BCUT2D eigenvalue weighted by molar-refractivity contribution is 6.13. The molecule has 0 aliphatic carbocycles. The lowest BCUT2D eigenvalue weighted by atomic mass is 9.94. The van der Waals surface area contributed by atoms with E-state index in [-0.39, 0.29) is 29.7 Å². The number of hydrogen-bond donors (Lipinski definition) is 0. The molecular weight excluding hydrogens is 283 g/mol. The lowest BCUT2D eigenvalue weighted by Crippen LogP contribution is -2.44. The molecule has 1 amide bonds. The number of amides is 1. The van der Waals surface area contributed by atoms with E-state index in [0.29, 0.717) is 11.3 Å². The summed E-state index contributed by atoms with van der Waals surface area (Å²) in [6, 6.07) is 7.13. The summed E-state index contributed by atoms with van der Waals surface area (Å²) in [7, 11) is 0. The zero-order chi connectivity index (χ0) is 15.9. The second-order valence-corrected chi connectivity index (χ2v) is 5.50. The van der Waals surface area contributed by atoms with E-state index in [4.69, 9.17) is 0 Å².